The summed E-state index contributed by atoms with van der Waals surface area (Å²) in [5, 5.41) is 5.95. The largest absolute Gasteiger partial charge is 0.321 e. The third-order valence-electron chi connectivity index (χ3n) is 1.93. The van der Waals surface area contributed by atoms with Gasteiger partial charge in [0.25, 0.3) is 10.0 Å². The van der Waals surface area contributed by atoms with Crippen LogP contribution in [0.3, 0.4) is 0 Å². The molecule has 2 heterocycles. The van der Waals surface area contributed by atoms with Gasteiger partial charge in [-0.15, -0.1) is 0 Å². The van der Waals surface area contributed by atoms with E-state index in [0.717, 1.165) is 0 Å². The summed E-state index contributed by atoms with van der Waals surface area (Å²) in [6.45, 7) is 0. The zero-order valence-electron chi connectivity index (χ0n) is 8.58. The van der Waals surface area contributed by atoms with E-state index in [1.165, 1.54) is 24.7 Å². The second-order valence-electron chi connectivity index (χ2n) is 3.09. The van der Waals surface area contributed by atoms with Crippen LogP contribution >= 0.6 is 0 Å². The van der Waals surface area contributed by atoms with Crippen molar-refractivity contribution < 1.29 is 8.42 Å². The summed E-state index contributed by atoms with van der Waals surface area (Å²) < 4.78 is 26.2. The number of rotatable bonds is 4. The van der Waals surface area contributed by atoms with Crippen LogP contribution in [0.4, 0.5) is 11.4 Å². The highest BCUT2D eigenvalue weighted by atomic mass is 32.2. The van der Waals surface area contributed by atoms with Crippen LogP contribution in [0.15, 0.2) is 35.7 Å². The van der Waals surface area contributed by atoms with Gasteiger partial charge < -0.3 is 5.43 Å². The Labute approximate surface area is 97.3 Å². The van der Waals surface area contributed by atoms with Crippen molar-refractivity contribution in [2.75, 3.05) is 10.1 Å². The monoisotopic (exact) mass is 254 g/mol. The van der Waals surface area contributed by atoms with Crippen molar-refractivity contribution in [3.8, 4) is 0 Å². The summed E-state index contributed by atoms with van der Waals surface area (Å²) in [5.74, 6) is 5.22. The number of hydrazine groups is 1. The van der Waals surface area contributed by atoms with E-state index in [4.69, 9.17) is 5.84 Å². The number of sulfonamides is 1. The first-order chi connectivity index (χ1) is 8.13. The standard InChI is InChI=1S/C8H10N6O2S/c9-13-7-2-1-3-10-8(7)17(15,16)14-6-4-11-12-5-6/h1-5,13-14H,9H2,(H,11,12). The lowest BCUT2D eigenvalue weighted by atomic mass is 10.4. The lowest BCUT2D eigenvalue weighted by molar-refractivity contribution is 0.598. The predicted molar refractivity (Wildman–Crippen MR) is 61.4 cm³/mol. The van der Waals surface area contributed by atoms with Gasteiger partial charge in [-0.1, -0.05) is 0 Å². The molecule has 0 unspecified atom stereocenters. The van der Waals surface area contributed by atoms with Crippen molar-refractivity contribution in [2.45, 2.75) is 5.03 Å². The van der Waals surface area contributed by atoms with Crippen molar-refractivity contribution in [1.29, 1.82) is 0 Å². The Hall–Kier alpha value is -2.13. The van der Waals surface area contributed by atoms with Gasteiger partial charge in [0.1, 0.15) is 0 Å². The van der Waals surface area contributed by atoms with Crippen LogP contribution in [-0.2, 0) is 10.0 Å². The van der Waals surface area contributed by atoms with Gasteiger partial charge in [0.05, 0.1) is 17.6 Å². The number of nitrogens with one attached hydrogen (secondary N) is 3. The average molecular weight is 254 g/mol. The Bertz CT molecular complexity index is 594. The zero-order chi connectivity index (χ0) is 12.3. The molecule has 2 aromatic rings. The maximum Gasteiger partial charge on any atom is 0.281 e. The number of nitrogen functional groups attached to an aromatic ring is 1. The van der Waals surface area contributed by atoms with Crippen LogP contribution < -0.4 is 16.0 Å². The minimum Gasteiger partial charge on any atom is -0.321 e. The quantitative estimate of drug-likeness (QED) is 0.445. The molecule has 0 aliphatic rings. The molecular weight excluding hydrogens is 244 g/mol. The molecule has 0 radical (unpaired) electrons. The van der Waals surface area contributed by atoms with Gasteiger partial charge in [0.2, 0.25) is 5.03 Å². The first kappa shape index (κ1) is 11.4. The second-order valence-corrected chi connectivity index (χ2v) is 4.69. The number of aromatic nitrogens is 3. The molecule has 0 bridgehead atoms. The molecule has 0 aliphatic heterocycles. The van der Waals surface area contributed by atoms with E-state index in [1.54, 1.807) is 6.07 Å². The van der Waals surface area contributed by atoms with Crippen molar-refractivity contribution in [3.63, 3.8) is 0 Å². The topological polar surface area (TPSA) is 126 Å². The van der Waals surface area contributed by atoms with E-state index in [2.05, 4.69) is 25.3 Å². The number of hydrogen-bond donors (Lipinski definition) is 4. The third kappa shape index (κ3) is 2.34. The highest BCUT2D eigenvalue weighted by Crippen LogP contribution is 2.19. The summed E-state index contributed by atoms with van der Waals surface area (Å²) in [4.78, 5) is 3.78. The van der Waals surface area contributed by atoms with Gasteiger partial charge in [-0.2, -0.15) is 13.5 Å². The number of nitrogens with two attached hydrogens (primary N) is 1. The molecule has 0 amide bonds. The van der Waals surface area contributed by atoms with Crippen molar-refractivity contribution >= 4 is 21.4 Å². The molecule has 5 N–H and O–H groups in total. The zero-order valence-corrected chi connectivity index (χ0v) is 9.40. The van der Waals surface area contributed by atoms with Crippen LogP contribution in [0.1, 0.15) is 0 Å². The van der Waals surface area contributed by atoms with Gasteiger partial charge in [0, 0.05) is 12.4 Å². The van der Waals surface area contributed by atoms with Gasteiger partial charge in [0.15, 0.2) is 0 Å². The maximum absolute atomic E-state index is 12.0. The van der Waals surface area contributed by atoms with E-state index in [0.29, 0.717) is 5.69 Å². The Morgan fingerprint density at radius 3 is 2.88 bits per heavy atom. The molecular formula is C8H10N6O2S. The Morgan fingerprint density at radius 1 is 1.41 bits per heavy atom. The molecule has 17 heavy (non-hydrogen) atoms. The smallest absolute Gasteiger partial charge is 0.281 e. The van der Waals surface area contributed by atoms with E-state index >= 15 is 0 Å². The molecule has 0 saturated heterocycles. The van der Waals surface area contributed by atoms with Crippen LogP contribution in [0.5, 0.6) is 0 Å². The van der Waals surface area contributed by atoms with Crippen molar-refractivity contribution in [3.05, 3.63) is 30.7 Å². The van der Waals surface area contributed by atoms with Crippen LogP contribution in [-0.4, -0.2) is 23.6 Å². The number of pyridine rings is 1. The number of hydrogen-bond acceptors (Lipinski definition) is 6. The molecule has 0 saturated carbocycles. The molecule has 0 atom stereocenters. The fourth-order valence-electron chi connectivity index (χ4n) is 1.23. The molecule has 90 valence electrons. The van der Waals surface area contributed by atoms with Gasteiger partial charge in [-0.25, -0.2) is 4.98 Å². The third-order valence-corrected chi connectivity index (χ3v) is 3.27. The van der Waals surface area contributed by atoms with Crippen LogP contribution in [0.2, 0.25) is 0 Å². The molecule has 9 heteroatoms. The lowest BCUT2D eigenvalue weighted by Gasteiger charge is -2.08. The summed E-state index contributed by atoms with van der Waals surface area (Å²) in [7, 11) is -3.79. The highest BCUT2D eigenvalue weighted by Gasteiger charge is 2.20. The minimum absolute atomic E-state index is 0.177. The molecule has 0 fully saturated rings. The first-order valence-corrected chi connectivity index (χ1v) is 6.05. The Balaban J connectivity index is 2.38. The fourth-order valence-corrected chi connectivity index (χ4v) is 2.36. The molecule has 2 rings (SSSR count). The second kappa shape index (κ2) is 4.39. The van der Waals surface area contributed by atoms with Crippen molar-refractivity contribution in [1.82, 2.24) is 15.2 Å². The summed E-state index contributed by atoms with van der Waals surface area (Å²) >= 11 is 0. The Kier molecular flexibility index (Phi) is 2.93. The van der Waals surface area contributed by atoms with Gasteiger partial charge >= 0.3 is 0 Å². The molecule has 2 aromatic heterocycles. The number of H-pyrrole nitrogens is 1. The lowest BCUT2D eigenvalue weighted by Crippen LogP contribution is -2.18. The molecule has 0 aromatic carbocycles. The van der Waals surface area contributed by atoms with Crippen molar-refractivity contribution in [2.24, 2.45) is 5.84 Å². The average Bonchev–Trinajstić information content (AvgIpc) is 2.81. The van der Waals surface area contributed by atoms with E-state index in [1.807, 2.05) is 0 Å². The first-order valence-electron chi connectivity index (χ1n) is 4.57. The number of anilines is 2. The molecule has 8 nitrogen and oxygen atoms in total. The van der Waals surface area contributed by atoms with Crippen LogP contribution in [0.25, 0.3) is 0 Å². The predicted octanol–water partition coefficient (Wildman–Crippen LogP) is -0.109. The van der Waals surface area contributed by atoms with Gasteiger partial charge in [-0.3, -0.25) is 15.7 Å². The summed E-state index contributed by atoms with van der Waals surface area (Å²) in [6, 6.07) is 3.09. The normalized spacial score (nSPS) is 11.1. The van der Waals surface area contributed by atoms with E-state index in [-0.39, 0.29) is 10.7 Å². The maximum atomic E-state index is 12.0. The SMILES string of the molecule is NNc1cccnc1S(=O)(=O)Nc1cn[nH]c1. The number of nitrogens with zero attached hydrogens (tertiary/aromatic N) is 2. The van der Waals surface area contributed by atoms with E-state index in [9.17, 15) is 8.42 Å². The molecule has 0 aliphatic carbocycles. The Morgan fingerprint density at radius 2 is 2.24 bits per heavy atom. The van der Waals surface area contributed by atoms with E-state index < -0.39 is 10.0 Å². The summed E-state index contributed by atoms with van der Waals surface area (Å²) in [6.07, 6.45) is 4.12. The summed E-state index contributed by atoms with van der Waals surface area (Å²) in [5.41, 5.74) is 2.81. The highest BCUT2D eigenvalue weighted by molar-refractivity contribution is 7.92. The molecule has 0 spiro atoms. The number of aromatic amines is 1. The van der Waals surface area contributed by atoms with Crippen LogP contribution in [0, 0.1) is 0 Å². The minimum atomic E-state index is -3.79. The van der Waals surface area contributed by atoms with Gasteiger partial charge in [-0.05, 0) is 12.1 Å². The fraction of sp³-hybridized carbons (Fsp3) is 0.